The Balaban J connectivity index is 1.75. The lowest BCUT2D eigenvalue weighted by molar-refractivity contribution is 0.103. The van der Waals surface area contributed by atoms with E-state index in [9.17, 15) is 9.00 Å². The van der Waals surface area contributed by atoms with E-state index in [0.717, 1.165) is 24.0 Å². The summed E-state index contributed by atoms with van der Waals surface area (Å²) in [4.78, 5) is 13.8. The summed E-state index contributed by atoms with van der Waals surface area (Å²) < 4.78 is 17.5. The van der Waals surface area contributed by atoms with E-state index < -0.39 is 10.8 Å². The van der Waals surface area contributed by atoms with Crippen molar-refractivity contribution >= 4 is 39.8 Å². The molecule has 1 heterocycles. The predicted octanol–water partition coefficient (Wildman–Crippen LogP) is 5.42. The van der Waals surface area contributed by atoms with Gasteiger partial charge >= 0.3 is 0 Å². The minimum atomic E-state index is -1.28. The largest absolute Gasteiger partial charge is 0.360 e. The number of rotatable bonds is 6. The van der Waals surface area contributed by atoms with Crippen LogP contribution >= 0.6 is 23.2 Å². The van der Waals surface area contributed by atoms with Crippen LogP contribution in [0, 0.1) is 0 Å². The highest BCUT2D eigenvalue weighted by Crippen LogP contribution is 2.42. The zero-order valence-electron chi connectivity index (χ0n) is 15.1. The van der Waals surface area contributed by atoms with Gasteiger partial charge in [0, 0.05) is 22.8 Å². The van der Waals surface area contributed by atoms with E-state index in [-0.39, 0.29) is 11.7 Å². The molecular weight excluding hydrogens is 417 g/mol. The van der Waals surface area contributed by atoms with Gasteiger partial charge in [0.1, 0.15) is 0 Å². The van der Waals surface area contributed by atoms with E-state index >= 15 is 0 Å². The molecule has 1 aromatic heterocycles. The molecule has 0 saturated heterocycles. The second kappa shape index (κ2) is 7.82. The summed E-state index contributed by atoms with van der Waals surface area (Å²) in [5, 5.41) is 4.66. The average Bonchev–Trinajstić information content (AvgIpc) is 3.37. The number of benzene rings is 2. The monoisotopic (exact) mass is 433 g/mol. The summed E-state index contributed by atoms with van der Waals surface area (Å²) >= 11 is 12.4. The first-order valence-electron chi connectivity index (χ1n) is 8.84. The highest BCUT2D eigenvalue weighted by atomic mass is 35.5. The third kappa shape index (κ3) is 3.79. The minimum absolute atomic E-state index is 0.119. The minimum Gasteiger partial charge on any atom is -0.360 e. The number of aromatic nitrogens is 1. The van der Waals surface area contributed by atoms with Gasteiger partial charge in [0.05, 0.1) is 32.5 Å². The molecule has 4 nitrogen and oxygen atoms in total. The molecule has 1 aliphatic carbocycles. The number of ketones is 1. The van der Waals surface area contributed by atoms with Crippen molar-refractivity contribution in [2.45, 2.75) is 30.1 Å². The van der Waals surface area contributed by atoms with Gasteiger partial charge in [-0.25, -0.2) is 0 Å². The van der Waals surface area contributed by atoms with E-state index in [0.29, 0.717) is 38.2 Å². The van der Waals surface area contributed by atoms with Crippen molar-refractivity contribution in [3.8, 4) is 0 Å². The Kier molecular flexibility index (Phi) is 5.41. The summed E-state index contributed by atoms with van der Waals surface area (Å²) in [6.45, 7) is 0. The van der Waals surface area contributed by atoms with Crippen LogP contribution in [0.1, 0.15) is 51.6 Å². The lowest BCUT2D eigenvalue weighted by atomic mass is 9.94. The summed E-state index contributed by atoms with van der Waals surface area (Å²) in [7, 11) is -1.28. The van der Waals surface area contributed by atoms with Crippen molar-refractivity contribution in [2.24, 2.45) is 0 Å². The molecule has 0 spiro atoms. The van der Waals surface area contributed by atoms with E-state index in [4.69, 9.17) is 27.7 Å². The van der Waals surface area contributed by atoms with Crippen LogP contribution in [0.4, 0.5) is 0 Å². The number of nitrogens with zero attached hydrogens (tertiary/aromatic N) is 1. The molecule has 1 aliphatic rings. The summed E-state index contributed by atoms with van der Waals surface area (Å²) in [5.41, 5.74) is 2.63. The van der Waals surface area contributed by atoms with Gasteiger partial charge in [0.25, 0.3) is 0 Å². The van der Waals surface area contributed by atoms with Crippen LogP contribution < -0.4 is 0 Å². The molecule has 1 atom stereocenters. The van der Waals surface area contributed by atoms with Crippen LogP contribution in [-0.2, 0) is 17.2 Å². The molecule has 0 N–H and O–H groups in total. The van der Waals surface area contributed by atoms with Gasteiger partial charge in [-0.1, -0.05) is 52.6 Å². The van der Waals surface area contributed by atoms with Gasteiger partial charge in [-0.15, -0.1) is 0 Å². The van der Waals surface area contributed by atoms with Crippen LogP contribution in [-0.4, -0.2) is 21.4 Å². The van der Waals surface area contributed by atoms with Crippen molar-refractivity contribution in [1.82, 2.24) is 5.16 Å². The standard InChI is InChI=1S/C21H17Cl2NO3S/c1-28(26)21-14(9-15(22)10-18(21)23)8-13-4-2-3-5-16(13)19(25)17-11-24-27-20(17)12-6-7-12/h2-5,9-12H,6-8H2,1H3. The number of carbonyl (C=O) groups excluding carboxylic acids is 1. The fourth-order valence-electron chi connectivity index (χ4n) is 3.37. The maximum absolute atomic E-state index is 13.2. The maximum atomic E-state index is 13.2. The highest BCUT2D eigenvalue weighted by Gasteiger charge is 2.33. The molecule has 1 saturated carbocycles. The Labute approximate surface area is 175 Å². The normalized spacial score (nSPS) is 14.8. The smallest absolute Gasteiger partial charge is 0.198 e. The molecule has 2 aromatic carbocycles. The first-order valence-corrected chi connectivity index (χ1v) is 11.2. The van der Waals surface area contributed by atoms with Gasteiger partial charge < -0.3 is 4.52 Å². The van der Waals surface area contributed by atoms with Crippen LogP contribution in [0.3, 0.4) is 0 Å². The topological polar surface area (TPSA) is 60.2 Å². The zero-order valence-corrected chi connectivity index (χ0v) is 17.4. The summed E-state index contributed by atoms with van der Waals surface area (Å²) in [6.07, 6.45) is 5.50. The summed E-state index contributed by atoms with van der Waals surface area (Å²) in [5.74, 6) is 0.835. The Hall–Kier alpha value is -1.95. The Morgan fingerprint density at radius 2 is 1.93 bits per heavy atom. The molecule has 3 aromatic rings. The van der Waals surface area contributed by atoms with Gasteiger partial charge in [-0.05, 0) is 42.5 Å². The molecule has 0 bridgehead atoms. The predicted molar refractivity (Wildman–Crippen MR) is 110 cm³/mol. The lowest BCUT2D eigenvalue weighted by Crippen LogP contribution is -2.08. The number of hydrogen-bond donors (Lipinski definition) is 0. The van der Waals surface area contributed by atoms with Crippen molar-refractivity contribution in [2.75, 3.05) is 6.26 Å². The Morgan fingerprint density at radius 3 is 2.64 bits per heavy atom. The van der Waals surface area contributed by atoms with Crippen LogP contribution in [0.5, 0.6) is 0 Å². The quantitative estimate of drug-likeness (QED) is 0.487. The third-order valence-electron chi connectivity index (χ3n) is 4.81. The van der Waals surface area contributed by atoms with Gasteiger partial charge in [-0.3, -0.25) is 9.00 Å². The van der Waals surface area contributed by atoms with Crippen LogP contribution in [0.15, 0.2) is 52.0 Å². The first-order chi connectivity index (χ1) is 13.5. The Bertz CT molecular complexity index is 1090. The molecule has 1 unspecified atom stereocenters. The van der Waals surface area contributed by atoms with Crippen LogP contribution in [0.25, 0.3) is 0 Å². The first kappa shape index (κ1) is 19.4. The van der Waals surface area contributed by atoms with Gasteiger partial charge in [-0.2, -0.15) is 0 Å². The van der Waals surface area contributed by atoms with Gasteiger partial charge in [0.15, 0.2) is 11.5 Å². The number of carbonyl (C=O) groups is 1. The third-order valence-corrected chi connectivity index (χ3v) is 6.49. The maximum Gasteiger partial charge on any atom is 0.198 e. The van der Waals surface area contributed by atoms with Gasteiger partial charge in [0.2, 0.25) is 0 Å². The molecule has 0 amide bonds. The molecule has 0 aliphatic heterocycles. The number of hydrogen-bond acceptors (Lipinski definition) is 4. The fourth-order valence-corrected chi connectivity index (χ4v) is 5.07. The van der Waals surface area contributed by atoms with Crippen molar-refractivity contribution < 1.29 is 13.5 Å². The van der Waals surface area contributed by atoms with Crippen LogP contribution in [0.2, 0.25) is 10.0 Å². The van der Waals surface area contributed by atoms with E-state index in [1.807, 2.05) is 18.2 Å². The van der Waals surface area contributed by atoms with Crippen molar-refractivity contribution in [3.63, 3.8) is 0 Å². The second-order valence-corrected chi connectivity index (χ2v) is 9.03. The van der Waals surface area contributed by atoms with E-state index in [1.165, 1.54) is 6.20 Å². The van der Waals surface area contributed by atoms with E-state index in [2.05, 4.69) is 5.16 Å². The molecule has 0 radical (unpaired) electrons. The molecular formula is C21H17Cl2NO3S. The molecule has 1 fully saturated rings. The SMILES string of the molecule is CS(=O)c1c(Cl)cc(Cl)cc1Cc1ccccc1C(=O)c1cnoc1C1CC1. The fraction of sp³-hybridized carbons (Fsp3) is 0.238. The molecule has 144 valence electrons. The molecule has 28 heavy (non-hydrogen) atoms. The van der Waals surface area contributed by atoms with Crippen molar-refractivity contribution in [3.05, 3.63) is 80.7 Å². The molecule has 4 rings (SSSR count). The average molecular weight is 434 g/mol. The molecule has 7 heteroatoms. The zero-order chi connectivity index (χ0) is 19.8. The van der Waals surface area contributed by atoms with Crippen molar-refractivity contribution in [1.29, 1.82) is 0 Å². The number of halogens is 2. The van der Waals surface area contributed by atoms with E-state index in [1.54, 1.807) is 24.5 Å². The highest BCUT2D eigenvalue weighted by molar-refractivity contribution is 7.84. The Morgan fingerprint density at radius 1 is 1.18 bits per heavy atom. The summed E-state index contributed by atoms with van der Waals surface area (Å²) in [6, 6.07) is 10.7. The second-order valence-electron chi connectivity index (χ2n) is 6.87. The lowest BCUT2D eigenvalue weighted by Gasteiger charge is -2.13.